The minimum atomic E-state index is -2.93. The van der Waals surface area contributed by atoms with Crippen molar-refractivity contribution < 1.29 is 37.0 Å². The fourth-order valence-electron chi connectivity index (χ4n) is 4.02. The second-order valence-corrected chi connectivity index (χ2v) is 10.8. The maximum Gasteiger partial charge on any atom is 0.342 e. The smallest absolute Gasteiger partial charge is 0.342 e. The van der Waals surface area contributed by atoms with Crippen molar-refractivity contribution in [3.8, 4) is 17.0 Å². The van der Waals surface area contributed by atoms with Crippen molar-refractivity contribution in [2.24, 2.45) is 0 Å². The van der Waals surface area contributed by atoms with Gasteiger partial charge in [-0.15, -0.1) is 0 Å². The highest BCUT2D eigenvalue weighted by Crippen LogP contribution is 2.36. The molecule has 0 aliphatic carbocycles. The fraction of sp³-hybridized carbons (Fsp3) is 0.276. The van der Waals surface area contributed by atoms with Gasteiger partial charge in [0, 0.05) is 22.9 Å². The van der Waals surface area contributed by atoms with Crippen LogP contribution < -0.4 is 9.04 Å². The Hall–Kier alpha value is -4.29. The molecule has 0 saturated heterocycles. The number of rotatable bonds is 10. The number of hydrogen-bond donors (Lipinski definition) is 0. The van der Waals surface area contributed by atoms with Crippen LogP contribution in [-0.4, -0.2) is 49.1 Å². The molecule has 4 rings (SSSR count). The van der Waals surface area contributed by atoms with Gasteiger partial charge >= 0.3 is 11.9 Å². The van der Waals surface area contributed by atoms with Crippen molar-refractivity contribution in [1.29, 1.82) is 0 Å². The van der Waals surface area contributed by atoms with Gasteiger partial charge in [-0.2, -0.15) is 5.10 Å². The average Bonchev–Trinajstić information content (AvgIpc) is 3.28. The van der Waals surface area contributed by atoms with Crippen LogP contribution in [0.15, 0.2) is 66.9 Å². The number of hydrogen-bond acceptors (Lipinski definition) is 8. The maximum absolute atomic E-state index is 13.7. The van der Waals surface area contributed by atoms with Gasteiger partial charge < -0.3 is 18.8 Å². The maximum atomic E-state index is 13.7. The Morgan fingerprint density at radius 1 is 1.10 bits per heavy atom. The van der Waals surface area contributed by atoms with Crippen molar-refractivity contribution in [3.05, 3.63) is 83.8 Å². The van der Waals surface area contributed by atoms with Crippen molar-refractivity contribution >= 4 is 34.4 Å². The highest BCUT2D eigenvalue weighted by molar-refractivity contribution is 7.80. The SMILES string of the molecule is CCOC(=O)c1c(-c2ccc(F)cc2)nn2cc(N(CC(=O)OC(C)(C)C)S(=O)[O-])c(OCc3ccccc3)cc12. The molecule has 1 atom stereocenters. The molecule has 0 bridgehead atoms. The molecule has 216 valence electrons. The number of carbonyl (C=O) groups is 2. The monoisotopic (exact) mass is 582 g/mol. The number of aromatic nitrogens is 2. The lowest BCUT2D eigenvalue weighted by Crippen LogP contribution is -2.36. The highest BCUT2D eigenvalue weighted by Gasteiger charge is 2.27. The zero-order valence-corrected chi connectivity index (χ0v) is 23.8. The quantitative estimate of drug-likeness (QED) is 0.192. The van der Waals surface area contributed by atoms with Gasteiger partial charge in [0.2, 0.25) is 0 Å². The summed E-state index contributed by atoms with van der Waals surface area (Å²) in [4.78, 5) is 25.8. The molecule has 1 unspecified atom stereocenters. The minimum absolute atomic E-state index is 0.0174. The van der Waals surface area contributed by atoms with Gasteiger partial charge in [-0.25, -0.2) is 13.7 Å². The highest BCUT2D eigenvalue weighted by atomic mass is 32.2. The first-order valence-corrected chi connectivity index (χ1v) is 13.7. The average molecular weight is 583 g/mol. The first-order valence-electron chi connectivity index (χ1n) is 12.7. The van der Waals surface area contributed by atoms with Gasteiger partial charge in [-0.05, 0) is 57.5 Å². The number of fused-ring (bicyclic) bond motifs is 1. The Balaban J connectivity index is 1.90. The fourth-order valence-corrected chi connectivity index (χ4v) is 4.53. The van der Waals surface area contributed by atoms with Crippen LogP contribution in [0.3, 0.4) is 0 Å². The standard InChI is InChI=1S/C29H30FN3O7S/c1-5-38-28(35)26-22-15-24(39-18-19-9-7-6-8-10-19)23(33(41(36)37)17-25(34)40-29(2,3)4)16-32(22)31-27(26)20-11-13-21(30)14-12-20/h6-16H,5,17-18H2,1-4H3,(H,36,37)/p-1. The van der Waals surface area contributed by atoms with E-state index in [1.807, 2.05) is 30.3 Å². The van der Waals surface area contributed by atoms with E-state index in [-0.39, 0.29) is 41.4 Å². The van der Waals surface area contributed by atoms with E-state index in [1.54, 1.807) is 27.7 Å². The van der Waals surface area contributed by atoms with Crippen LogP contribution in [0.25, 0.3) is 16.8 Å². The molecule has 12 heteroatoms. The van der Waals surface area contributed by atoms with Crippen LogP contribution >= 0.6 is 0 Å². The Morgan fingerprint density at radius 2 is 1.78 bits per heavy atom. The lowest BCUT2D eigenvalue weighted by Gasteiger charge is -2.29. The zero-order valence-electron chi connectivity index (χ0n) is 23.0. The number of ether oxygens (including phenoxy) is 3. The molecule has 2 aromatic carbocycles. The second-order valence-electron chi connectivity index (χ2n) is 9.92. The molecule has 0 radical (unpaired) electrons. The third kappa shape index (κ3) is 7.27. The normalized spacial score (nSPS) is 12.1. The predicted molar refractivity (Wildman–Crippen MR) is 149 cm³/mol. The number of esters is 2. The molecule has 4 aromatic rings. The summed E-state index contributed by atoms with van der Waals surface area (Å²) in [6.45, 7) is 6.17. The largest absolute Gasteiger partial charge is 0.755 e. The molecular weight excluding hydrogens is 553 g/mol. The van der Waals surface area contributed by atoms with Gasteiger partial charge in [0.15, 0.2) is 0 Å². The summed E-state index contributed by atoms with van der Waals surface area (Å²) < 4.78 is 57.2. The summed E-state index contributed by atoms with van der Waals surface area (Å²) in [6, 6.07) is 16.0. The number of nitrogens with zero attached hydrogens (tertiary/aromatic N) is 3. The number of carbonyl (C=O) groups excluding carboxylic acids is 2. The lowest BCUT2D eigenvalue weighted by atomic mass is 10.1. The Bertz CT molecular complexity index is 1570. The molecule has 0 aliphatic rings. The molecule has 2 aromatic heterocycles. The van der Waals surface area contributed by atoms with E-state index in [2.05, 4.69) is 5.10 Å². The van der Waals surface area contributed by atoms with E-state index < -0.39 is 41.2 Å². The van der Waals surface area contributed by atoms with Crippen molar-refractivity contribution in [2.45, 2.75) is 39.9 Å². The number of pyridine rings is 1. The molecule has 0 aliphatic heterocycles. The Labute approximate surface area is 239 Å². The molecular formula is C29H29FN3O7S-. The van der Waals surface area contributed by atoms with Crippen LogP contribution in [0.5, 0.6) is 5.75 Å². The summed E-state index contributed by atoms with van der Waals surface area (Å²) in [5, 5.41) is 4.51. The van der Waals surface area contributed by atoms with Crippen molar-refractivity contribution in [2.75, 3.05) is 17.5 Å². The Morgan fingerprint density at radius 3 is 2.39 bits per heavy atom. The molecule has 0 N–H and O–H groups in total. The van der Waals surface area contributed by atoms with E-state index in [4.69, 9.17) is 14.2 Å². The molecule has 0 amide bonds. The third-order valence-electron chi connectivity index (χ3n) is 5.69. The number of anilines is 1. The van der Waals surface area contributed by atoms with Crippen LogP contribution in [0, 0.1) is 5.82 Å². The molecule has 41 heavy (non-hydrogen) atoms. The zero-order chi connectivity index (χ0) is 29.7. The summed E-state index contributed by atoms with van der Waals surface area (Å²) in [5.74, 6) is -1.87. The van der Waals surface area contributed by atoms with E-state index in [0.29, 0.717) is 5.56 Å². The Kier molecular flexibility index (Phi) is 9.04. The topological polar surface area (TPSA) is 123 Å². The molecule has 0 saturated carbocycles. The molecule has 0 fully saturated rings. The molecule has 2 heterocycles. The van der Waals surface area contributed by atoms with E-state index >= 15 is 0 Å². The summed E-state index contributed by atoms with van der Waals surface area (Å²) in [7, 11) is 0. The van der Waals surface area contributed by atoms with E-state index in [9.17, 15) is 22.7 Å². The number of halogens is 1. The molecule has 10 nitrogen and oxygen atoms in total. The second kappa shape index (κ2) is 12.5. The van der Waals surface area contributed by atoms with Crippen LogP contribution in [0.4, 0.5) is 10.1 Å². The minimum Gasteiger partial charge on any atom is -0.755 e. The first-order chi connectivity index (χ1) is 19.5. The molecule has 0 spiro atoms. The summed E-state index contributed by atoms with van der Waals surface area (Å²) in [6.07, 6.45) is 1.34. The van der Waals surface area contributed by atoms with Gasteiger partial charge in [-0.3, -0.25) is 13.3 Å². The van der Waals surface area contributed by atoms with Crippen molar-refractivity contribution in [1.82, 2.24) is 9.61 Å². The van der Waals surface area contributed by atoms with Crippen LogP contribution in [0.2, 0.25) is 0 Å². The number of benzene rings is 2. The van der Waals surface area contributed by atoms with Gasteiger partial charge in [0.05, 0.1) is 18.3 Å². The first kappa shape index (κ1) is 29.7. The van der Waals surface area contributed by atoms with Crippen LogP contribution in [-0.2, 0) is 32.1 Å². The van der Waals surface area contributed by atoms with Crippen LogP contribution in [0.1, 0.15) is 43.6 Å². The van der Waals surface area contributed by atoms with Gasteiger partial charge in [-0.1, -0.05) is 30.3 Å². The van der Waals surface area contributed by atoms with Gasteiger partial charge in [0.1, 0.15) is 47.3 Å². The predicted octanol–water partition coefficient (Wildman–Crippen LogP) is 4.84. The van der Waals surface area contributed by atoms with E-state index in [0.717, 1.165) is 9.87 Å². The van der Waals surface area contributed by atoms with E-state index in [1.165, 1.54) is 41.0 Å². The lowest BCUT2D eigenvalue weighted by molar-refractivity contribution is -0.152. The van der Waals surface area contributed by atoms with Crippen molar-refractivity contribution in [3.63, 3.8) is 0 Å². The van der Waals surface area contributed by atoms with Gasteiger partial charge in [0.25, 0.3) is 0 Å². The summed E-state index contributed by atoms with van der Waals surface area (Å²) in [5.41, 5.74) is 0.896. The summed E-state index contributed by atoms with van der Waals surface area (Å²) >= 11 is -2.93. The third-order valence-corrected chi connectivity index (χ3v) is 6.37.